The maximum absolute atomic E-state index is 12.2. The van der Waals surface area contributed by atoms with Crippen LogP contribution in [0.5, 0.6) is 5.75 Å². The third-order valence-electron chi connectivity index (χ3n) is 3.17. The van der Waals surface area contributed by atoms with Crippen molar-refractivity contribution in [3.8, 4) is 16.2 Å². The van der Waals surface area contributed by atoms with E-state index in [4.69, 9.17) is 10.5 Å². The van der Waals surface area contributed by atoms with E-state index >= 15 is 0 Å². The van der Waals surface area contributed by atoms with Crippen molar-refractivity contribution < 1.29 is 9.53 Å². The van der Waals surface area contributed by atoms with E-state index in [1.807, 2.05) is 45.0 Å². The van der Waals surface area contributed by atoms with Crippen LogP contribution in [-0.2, 0) is 0 Å². The summed E-state index contributed by atoms with van der Waals surface area (Å²) in [5, 5.41) is 3.44. The minimum Gasteiger partial charge on any atom is -0.497 e. The average molecular weight is 304 g/mol. The second-order valence-corrected chi connectivity index (χ2v) is 6.20. The number of hydrogen-bond donors (Lipinski definition) is 2. The number of nitrogens with two attached hydrogens (primary N) is 1. The van der Waals surface area contributed by atoms with E-state index in [-0.39, 0.29) is 11.9 Å². The summed E-state index contributed by atoms with van der Waals surface area (Å²) in [5.74, 6) is 0.690. The summed E-state index contributed by atoms with van der Waals surface area (Å²) in [5.41, 5.74) is 8.58. The van der Waals surface area contributed by atoms with E-state index in [0.717, 1.165) is 21.8 Å². The molecule has 0 aliphatic carbocycles. The fourth-order valence-electron chi connectivity index (χ4n) is 2.17. The zero-order valence-electron chi connectivity index (χ0n) is 12.7. The standard InChI is InChI=1S/C16H20N2O2S/c1-9(2)18-16(19)13-10(3)14(21-15(13)17)11-5-7-12(20-4)8-6-11/h5-9H,17H2,1-4H3,(H,18,19). The van der Waals surface area contributed by atoms with Gasteiger partial charge in [0, 0.05) is 10.9 Å². The van der Waals surface area contributed by atoms with Gasteiger partial charge in [0.15, 0.2) is 0 Å². The van der Waals surface area contributed by atoms with Crippen LogP contribution in [0.3, 0.4) is 0 Å². The minimum absolute atomic E-state index is 0.0839. The molecule has 0 bridgehead atoms. The lowest BCUT2D eigenvalue weighted by Gasteiger charge is -2.09. The first-order chi connectivity index (χ1) is 9.93. The lowest BCUT2D eigenvalue weighted by Crippen LogP contribution is -2.30. The molecule has 0 spiro atoms. The molecule has 1 aromatic carbocycles. The van der Waals surface area contributed by atoms with Gasteiger partial charge in [0.25, 0.3) is 5.91 Å². The lowest BCUT2D eigenvalue weighted by atomic mass is 10.1. The Morgan fingerprint density at radius 2 is 1.90 bits per heavy atom. The molecule has 3 N–H and O–H groups in total. The molecule has 0 atom stereocenters. The van der Waals surface area contributed by atoms with E-state index in [1.54, 1.807) is 7.11 Å². The molecule has 0 radical (unpaired) electrons. The largest absolute Gasteiger partial charge is 0.497 e. The molecular formula is C16H20N2O2S. The topological polar surface area (TPSA) is 64.3 Å². The summed E-state index contributed by atoms with van der Waals surface area (Å²) in [6.45, 7) is 5.79. The second kappa shape index (κ2) is 6.18. The molecular weight excluding hydrogens is 284 g/mol. The summed E-state index contributed by atoms with van der Waals surface area (Å²) in [6.07, 6.45) is 0. The number of hydrogen-bond acceptors (Lipinski definition) is 4. The number of ether oxygens (including phenoxy) is 1. The summed E-state index contributed by atoms with van der Waals surface area (Å²) in [6, 6.07) is 7.83. The quantitative estimate of drug-likeness (QED) is 0.909. The fraction of sp³-hybridized carbons (Fsp3) is 0.312. The molecule has 0 saturated carbocycles. The van der Waals surface area contributed by atoms with Crippen LogP contribution in [-0.4, -0.2) is 19.1 Å². The van der Waals surface area contributed by atoms with Crippen molar-refractivity contribution in [2.45, 2.75) is 26.8 Å². The van der Waals surface area contributed by atoms with Gasteiger partial charge in [-0.15, -0.1) is 11.3 Å². The third-order valence-corrected chi connectivity index (χ3v) is 4.34. The number of methoxy groups -OCH3 is 1. The van der Waals surface area contributed by atoms with Crippen molar-refractivity contribution in [1.82, 2.24) is 5.32 Å². The molecule has 0 saturated heterocycles. The molecule has 2 rings (SSSR count). The van der Waals surface area contributed by atoms with Gasteiger partial charge in [-0.05, 0) is 56.2 Å². The summed E-state index contributed by atoms with van der Waals surface area (Å²) in [7, 11) is 1.64. The van der Waals surface area contributed by atoms with Gasteiger partial charge in [-0.1, -0.05) is 0 Å². The van der Waals surface area contributed by atoms with Gasteiger partial charge in [-0.2, -0.15) is 0 Å². The Bertz CT molecular complexity index is 645. The van der Waals surface area contributed by atoms with Crippen molar-refractivity contribution in [3.63, 3.8) is 0 Å². The van der Waals surface area contributed by atoms with Crippen molar-refractivity contribution in [1.29, 1.82) is 0 Å². The molecule has 112 valence electrons. The number of carbonyl (C=O) groups is 1. The van der Waals surface area contributed by atoms with Crippen molar-refractivity contribution in [3.05, 3.63) is 35.4 Å². The van der Waals surface area contributed by atoms with Gasteiger partial charge in [0.1, 0.15) is 5.75 Å². The Balaban J connectivity index is 2.40. The Kier molecular flexibility index (Phi) is 4.53. The van der Waals surface area contributed by atoms with E-state index in [9.17, 15) is 4.79 Å². The zero-order chi connectivity index (χ0) is 15.6. The van der Waals surface area contributed by atoms with Gasteiger partial charge >= 0.3 is 0 Å². The van der Waals surface area contributed by atoms with Crippen molar-refractivity contribution >= 4 is 22.2 Å². The molecule has 0 fully saturated rings. The molecule has 0 aliphatic rings. The van der Waals surface area contributed by atoms with Crippen LogP contribution in [0.4, 0.5) is 5.00 Å². The normalized spacial score (nSPS) is 10.7. The fourth-order valence-corrected chi connectivity index (χ4v) is 3.25. The van der Waals surface area contributed by atoms with Gasteiger partial charge < -0.3 is 15.8 Å². The maximum atomic E-state index is 12.2. The molecule has 2 aromatic rings. The van der Waals surface area contributed by atoms with Gasteiger partial charge in [0.2, 0.25) is 0 Å². The number of rotatable bonds is 4. The SMILES string of the molecule is COc1ccc(-c2sc(N)c(C(=O)NC(C)C)c2C)cc1. The van der Waals surface area contributed by atoms with E-state index < -0.39 is 0 Å². The molecule has 1 heterocycles. The van der Waals surface area contributed by atoms with Crippen LogP contribution in [0.1, 0.15) is 29.8 Å². The monoisotopic (exact) mass is 304 g/mol. The van der Waals surface area contributed by atoms with Crippen LogP contribution >= 0.6 is 11.3 Å². The van der Waals surface area contributed by atoms with E-state index in [2.05, 4.69) is 5.32 Å². The molecule has 5 heteroatoms. The smallest absolute Gasteiger partial charge is 0.254 e. The number of amides is 1. The van der Waals surface area contributed by atoms with Crippen molar-refractivity contribution in [2.75, 3.05) is 12.8 Å². The highest BCUT2D eigenvalue weighted by molar-refractivity contribution is 7.19. The number of carbonyl (C=O) groups excluding carboxylic acids is 1. The third kappa shape index (κ3) is 3.19. The van der Waals surface area contributed by atoms with E-state index in [0.29, 0.717) is 10.6 Å². The predicted octanol–water partition coefficient (Wildman–Crippen LogP) is 3.45. The number of benzene rings is 1. The molecule has 1 aromatic heterocycles. The minimum atomic E-state index is -0.115. The first kappa shape index (κ1) is 15.4. The van der Waals surface area contributed by atoms with Crippen molar-refractivity contribution in [2.24, 2.45) is 0 Å². The lowest BCUT2D eigenvalue weighted by molar-refractivity contribution is 0.0944. The van der Waals surface area contributed by atoms with Gasteiger partial charge in [-0.3, -0.25) is 4.79 Å². The Labute approximate surface area is 128 Å². The Morgan fingerprint density at radius 1 is 1.29 bits per heavy atom. The van der Waals surface area contributed by atoms with E-state index in [1.165, 1.54) is 11.3 Å². The molecule has 0 unspecified atom stereocenters. The first-order valence-corrected chi connectivity index (χ1v) is 7.59. The number of thiophene rings is 1. The van der Waals surface area contributed by atoms with Crippen LogP contribution in [0.15, 0.2) is 24.3 Å². The number of anilines is 1. The van der Waals surface area contributed by atoms with Crippen LogP contribution < -0.4 is 15.8 Å². The summed E-state index contributed by atoms with van der Waals surface area (Å²) >= 11 is 1.44. The second-order valence-electron chi connectivity index (χ2n) is 5.15. The van der Waals surface area contributed by atoms with Gasteiger partial charge in [0.05, 0.1) is 17.7 Å². The van der Waals surface area contributed by atoms with Crippen LogP contribution in [0, 0.1) is 6.92 Å². The highest BCUT2D eigenvalue weighted by atomic mass is 32.1. The summed E-state index contributed by atoms with van der Waals surface area (Å²) < 4.78 is 5.16. The molecule has 21 heavy (non-hydrogen) atoms. The number of nitrogens with one attached hydrogen (secondary N) is 1. The number of nitrogen functional groups attached to an aromatic ring is 1. The molecule has 4 nitrogen and oxygen atoms in total. The predicted molar refractivity (Wildman–Crippen MR) is 88.1 cm³/mol. The Morgan fingerprint density at radius 3 is 2.43 bits per heavy atom. The summed E-state index contributed by atoms with van der Waals surface area (Å²) in [4.78, 5) is 13.3. The van der Waals surface area contributed by atoms with Crippen LogP contribution in [0.2, 0.25) is 0 Å². The molecule has 0 aliphatic heterocycles. The molecule has 1 amide bonds. The zero-order valence-corrected chi connectivity index (χ0v) is 13.5. The van der Waals surface area contributed by atoms with Crippen LogP contribution in [0.25, 0.3) is 10.4 Å². The maximum Gasteiger partial charge on any atom is 0.254 e. The Hall–Kier alpha value is -2.01. The van der Waals surface area contributed by atoms with Gasteiger partial charge in [-0.25, -0.2) is 0 Å². The first-order valence-electron chi connectivity index (χ1n) is 6.78. The highest BCUT2D eigenvalue weighted by Gasteiger charge is 2.20. The highest BCUT2D eigenvalue weighted by Crippen LogP contribution is 2.38. The average Bonchev–Trinajstić information content (AvgIpc) is 2.73.